The van der Waals surface area contributed by atoms with E-state index < -0.39 is 0 Å². The zero-order valence-corrected chi connectivity index (χ0v) is 15.2. The summed E-state index contributed by atoms with van der Waals surface area (Å²) in [5, 5.41) is 2.73. The van der Waals surface area contributed by atoms with Gasteiger partial charge in [-0.25, -0.2) is 0 Å². The summed E-state index contributed by atoms with van der Waals surface area (Å²) in [7, 11) is 0. The standard InChI is InChI=1S/C20H24N4O2/c1-15-3-4-17(13-16(15)2)20(26)22-14-19(25)24-11-9-23(10-12-24)18-5-7-21-8-6-18/h3-8,13H,9-12,14H2,1-2H3,(H,22,26). The van der Waals surface area contributed by atoms with Crippen molar-refractivity contribution in [3.8, 4) is 0 Å². The fourth-order valence-electron chi connectivity index (χ4n) is 3.02. The number of rotatable bonds is 4. The number of carbonyl (C=O) groups is 2. The first-order chi connectivity index (χ1) is 12.5. The number of hydrogen-bond donors (Lipinski definition) is 1. The van der Waals surface area contributed by atoms with Crippen LogP contribution in [-0.2, 0) is 4.79 Å². The highest BCUT2D eigenvalue weighted by atomic mass is 16.2. The Kier molecular flexibility index (Phi) is 5.51. The summed E-state index contributed by atoms with van der Waals surface area (Å²) in [5.74, 6) is -0.256. The van der Waals surface area contributed by atoms with Crippen LogP contribution in [0.5, 0.6) is 0 Å². The Bertz CT molecular complexity index is 784. The van der Waals surface area contributed by atoms with E-state index in [1.165, 1.54) is 0 Å². The number of aryl methyl sites for hydroxylation is 2. The van der Waals surface area contributed by atoms with Crippen LogP contribution in [0.1, 0.15) is 21.5 Å². The second-order valence-electron chi connectivity index (χ2n) is 6.55. The predicted molar refractivity (Wildman–Crippen MR) is 101 cm³/mol. The Hall–Kier alpha value is -2.89. The van der Waals surface area contributed by atoms with Crippen molar-refractivity contribution in [2.45, 2.75) is 13.8 Å². The fraction of sp³-hybridized carbons (Fsp3) is 0.350. The highest BCUT2D eigenvalue weighted by molar-refractivity contribution is 5.96. The van der Waals surface area contributed by atoms with Gasteiger partial charge in [0.05, 0.1) is 6.54 Å². The van der Waals surface area contributed by atoms with Gasteiger partial charge in [-0.2, -0.15) is 0 Å². The van der Waals surface area contributed by atoms with Crippen LogP contribution in [0.2, 0.25) is 0 Å². The van der Waals surface area contributed by atoms with Crippen LogP contribution in [-0.4, -0.2) is 54.4 Å². The summed E-state index contributed by atoms with van der Waals surface area (Å²) >= 11 is 0. The first kappa shape index (κ1) is 17.9. The maximum atomic E-state index is 12.4. The maximum absolute atomic E-state index is 12.4. The highest BCUT2D eigenvalue weighted by Gasteiger charge is 2.21. The molecule has 0 bridgehead atoms. The van der Waals surface area contributed by atoms with E-state index in [-0.39, 0.29) is 18.4 Å². The van der Waals surface area contributed by atoms with Gasteiger partial charge in [-0.1, -0.05) is 6.07 Å². The highest BCUT2D eigenvalue weighted by Crippen LogP contribution is 2.14. The van der Waals surface area contributed by atoms with Crippen molar-refractivity contribution in [3.05, 3.63) is 59.4 Å². The summed E-state index contributed by atoms with van der Waals surface area (Å²) in [6.45, 7) is 6.87. The van der Waals surface area contributed by atoms with Gasteiger partial charge in [-0.15, -0.1) is 0 Å². The van der Waals surface area contributed by atoms with Crippen molar-refractivity contribution in [3.63, 3.8) is 0 Å². The van der Waals surface area contributed by atoms with Crippen molar-refractivity contribution in [2.24, 2.45) is 0 Å². The van der Waals surface area contributed by atoms with E-state index in [1.807, 2.05) is 38.1 Å². The van der Waals surface area contributed by atoms with Crippen LogP contribution in [0.3, 0.4) is 0 Å². The monoisotopic (exact) mass is 352 g/mol. The topological polar surface area (TPSA) is 65.5 Å². The molecule has 1 N–H and O–H groups in total. The molecule has 2 aromatic rings. The second kappa shape index (κ2) is 7.99. The Balaban J connectivity index is 1.48. The van der Waals surface area contributed by atoms with E-state index in [0.29, 0.717) is 18.7 Å². The molecule has 0 radical (unpaired) electrons. The summed E-state index contributed by atoms with van der Waals surface area (Å²) < 4.78 is 0. The minimum absolute atomic E-state index is 0.0288. The second-order valence-corrected chi connectivity index (χ2v) is 6.55. The minimum atomic E-state index is -0.211. The number of carbonyl (C=O) groups excluding carboxylic acids is 2. The molecule has 2 heterocycles. The molecule has 1 aliphatic rings. The van der Waals surface area contributed by atoms with Gasteiger partial charge >= 0.3 is 0 Å². The fourth-order valence-corrected chi connectivity index (χ4v) is 3.02. The number of pyridine rings is 1. The van der Waals surface area contributed by atoms with Gasteiger partial charge in [0.2, 0.25) is 5.91 Å². The van der Waals surface area contributed by atoms with Crippen molar-refractivity contribution in [2.75, 3.05) is 37.6 Å². The molecule has 0 aliphatic carbocycles. The average molecular weight is 352 g/mol. The van der Waals surface area contributed by atoms with Gasteiger partial charge in [0.15, 0.2) is 0 Å². The van der Waals surface area contributed by atoms with Gasteiger partial charge in [-0.05, 0) is 49.2 Å². The molecule has 0 atom stereocenters. The molecule has 1 fully saturated rings. The lowest BCUT2D eigenvalue weighted by Gasteiger charge is -2.36. The molecule has 1 saturated heterocycles. The maximum Gasteiger partial charge on any atom is 0.251 e. The third kappa shape index (κ3) is 4.20. The quantitative estimate of drug-likeness (QED) is 0.911. The molecule has 0 unspecified atom stereocenters. The normalized spacial score (nSPS) is 14.2. The van der Waals surface area contributed by atoms with Gasteiger partial charge in [0.1, 0.15) is 0 Å². The Labute approximate surface area is 153 Å². The smallest absolute Gasteiger partial charge is 0.251 e. The first-order valence-electron chi connectivity index (χ1n) is 8.83. The molecular weight excluding hydrogens is 328 g/mol. The zero-order valence-electron chi connectivity index (χ0n) is 15.2. The van der Waals surface area contributed by atoms with Crippen LogP contribution >= 0.6 is 0 Å². The van der Waals surface area contributed by atoms with Crippen LogP contribution < -0.4 is 10.2 Å². The van der Waals surface area contributed by atoms with Gasteiger partial charge in [0.25, 0.3) is 5.91 Å². The number of benzene rings is 1. The number of hydrogen-bond acceptors (Lipinski definition) is 4. The third-order valence-corrected chi connectivity index (χ3v) is 4.83. The summed E-state index contributed by atoms with van der Waals surface area (Å²) in [6.07, 6.45) is 3.55. The molecule has 6 nitrogen and oxygen atoms in total. The van der Waals surface area contributed by atoms with Gasteiger partial charge < -0.3 is 15.1 Å². The number of piperazine rings is 1. The zero-order chi connectivity index (χ0) is 18.5. The summed E-state index contributed by atoms with van der Waals surface area (Å²) in [4.78, 5) is 32.7. The Morgan fingerprint density at radius 3 is 2.35 bits per heavy atom. The molecule has 26 heavy (non-hydrogen) atoms. The molecule has 1 aromatic carbocycles. The lowest BCUT2D eigenvalue weighted by atomic mass is 10.1. The number of aromatic nitrogens is 1. The molecule has 1 aliphatic heterocycles. The molecule has 0 spiro atoms. The van der Waals surface area contributed by atoms with E-state index in [0.717, 1.165) is 29.9 Å². The average Bonchev–Trinajstić information content (AvgIpc) is 2.68. The molecule has 0 saturated carbocycles. The van der Waals surface area contributed by atoms with Crippen LogP contribution in [0.25, 0.3) is 0 Å². The van der Waals surface area contributed by atoms with Gasteiger partial charge in [-0.3, -0.25) is 14.6 Å². The van der Waals surface area contributed by atoms with Gasteiger partial charge in [0, 0.05) is 49.8 Å². The van der Waals surface area contributed by atoms with E-state index >= 15 is 0 Å². The number of nitrogens with zero attached hydrogens (tertiary/aromatic N) is 3. The molecule has 3 rings (SSSR count). The molecule has 1 aromatic heterocycles. The SMILES string of the molecule is Cc1ccc(C(=O)NCC(=O)N2CCN(c3ccncc3)CC2)cc1C. The largest absolute Gasteiger partial charge is 0.368 e. The van der Waals surface area contributed by atoms with E-state index in [1.54, 1.807) is 23.4 Å². The molecular formula is C20H24N4O2. The number of nitrogens with one attached hydrogen (secondary N) is 1. The Morgan fingerprint density at radius 1 is 1.00 bits per heavy atom. The molecule has 2 amide bonds. The first-order valence-corrected chi connectivity index (χ1v) is 8.83. The van der Waals surface area contributed by atoms with Crippen LogP contribution in [0.15, 0.2) is 42.7 Å². The van der Waals surface area contributed by atoms with E-state index in [4.69, 9.17) is 0 Å². The lowest BCUT2D eigenvalue weighted by Crippen LogP contribution is -2.51. The van der Waals surface area contributed by atoms with Crippen molar-refractivity contribution < 1.29 is 9.59 Å². The lowest BCUT2D eigenvalue weighted by molar-refractivity contribution is -0.130. The Morgan fingerprint density at radius 2 is 1.69 bits per heavy atom. The van der Waals surface area contributed by atoms with Crippen LogP contribution in [0, 0.1) is 13.8 Å². The van der Waals surface area contributed by atoms with E-state index in [2.05, 4.69) is 15.2 Å². The third-order valence-electron chi connectivity index (χ3n) is 4.83. The van der Waals surface area contributed by atoms with Crippen molar-refractivity contribution in [1.82, 2.24) is 15.2 Å². The number of anilines is 1. The molecule has 136 valence electrons. The molecule has 6 heteroatoms. The predicted octanol–water partition coefficient (Wildman–Crippen LogP) is 1.78. The number of amides is 2. The van der Waals surface area contributed by atoms with Crippen LogP contribution in [0.4, 0.5) is 5.69 Å². The van der Waals surface area contributed by atoms with Crippen molar-refractivity contribution >= 4 is 17.5 Å². The van der Waals surface area contributed by atoms with Crippen molar-refractivity contribution in [1.29, 1.82) is 0 Å². The minimum Gasteiger partial charge on any atom is -0.368 e. The van der Waals surface area contributed by atoms with E-state index in [9.17, 15) is 9.59 Å². The summed E-state index contributed by atoms with van der Waals surface area (Å²) in [5.41, 5.74) is 3.92. The summed E-state index contributed by atoms with van der Waals surface area (Å²) in [6, 6.07) is 9.51.